The van der Waals surface area contributed by atoms with Gasteiger partial charge in [-0.3, -0.25) is 0 Å². The summed E-state index contributed by atoms with van der Waals surface area (Å²) in [4.78, 5) is 7.14. The molecule has 9 heteroatoms. The molecule has 0 bridgehead atoms. The number of nitrogens with zero attached hydrogens (tertiary/aromatic N) is 5. The van der Waals surface area contributed by atoms with Gasteiger partial charge in [0.05, 0.1) is 5.00 Å². The van der Waals surface area contributed by atoms with Crippen molar-refractivity contribution in [3.05, 3.63) is 41.8 Å². The number of halogens is 1. The highest BCUT2D eigenvalue weighted by Crippen LogP contribution is 2.24. The molecule has 3 heterocycles. The van der Waals surface area contributed by atoms with Gasteiger partial charge < -0.3 is 20.1 Å². The minimum absolute atomic E-state index is 0. The fourth-order valence-electron chi connectivity index (χ4n) is 2.95. The first kappa shape index (κ1) is 21.7. The van der Waals surface area contributed by atoms with Crippen LogP contribution in [0.25, 0.3) is 0 Å². The van der Waals surface area contributed by atoms with Crippen molar-refractivity contribution in [3.63, 3.8) is 0 Å². The number of aryl methyl sites for hydroxylation is 1. The van der Waals surface area contributed by atoms with Gasteiger partial charge in [-0.05, 0) is 37.3 Å². The fourth-order valence-corrected chi connectivity index (χ4v) is 3.73. The number of aromatic nitrogens is 3. The van der Waals surface area contributed by atoms with Crippen LogP contribution in [0, 0.1) is 6.92 Å². The number of hydrogen-bond donors (Lipinski definition) is 2. The molecule has 0 spiro atoms. The third-order valence-corrected chi connectivity index (χ3v) is 5.56. The molecule has 0 unspecified atom stereocenters. The molecule has 3 rings (SSSR count). The minimum atomic E-state index is 0. The molecule has 7 nitrogen and oxygen atoms in total. The smallest absolute Gasteiger partial charge is 0.192 e. The molecule has 1 aliphatic heterocycles. The van der Waals surface area contributed by atoms with E-state index in [4.69, 9.17) is 0 Å². The lowest BCUT2D eigenvalue weighted by Crippen LogP contribution is -2.48. The summed E-state index contributed by atoms with van der Waals surface area (Å²) in [5.41, 5.74) is 0. The predicted molar refractivity (Wildman–Crippen MR) is 123 cm³/mol. The highest BCUT2D eigenvalue weighted by Gasteiger charge is 2.20. The first-order valence-electron chi connectivity index (χ1n) is 8.96. The third kappa shape index (κ3) is 5.93. The Morgan fingerprint density at radius 1 is 1.41 bits per heavy atom. The zero-order valence-electron chi connectivity index (χ0n) is 15.9. The zero-order valence-corrected chi connectivity index (χ0v) is 19.0. The normalized spacial score (nSPS) is 15.3. The van der Waals surface area contributed by atoms with E-state index in [2.05, 4.69) is 54.8 Å². The molecule has 1 fully saturated rings. The van der Waals surface area contributed by atoms with Gasteiger partial charge in [-0.15, -0.1) is 52.1 Å². The van der Waals surface area contributed by atoms with E-state index in [0.717, 1.165) is 43.5 Å². The van der Waals surface area contributed by atoms with Gasteiger partial charge in [0.15, 0.2) is 11.8 Å². The Hall–Kier alpha value is -1.62. The molecule has 2 N–H and O–H groups in total. The molecule has 148 valence electrons. The number of anilines is 1. The zero-order chi connectivity index (χ0) is 18.4. The topological polar surface area (TPSA) is 70.4 Å². The number of hydrogen-bond acceptors (Lipinski definition) is 5. The van der Waals surface area contributed by atoms with Crippen LogP contribution in [-0.4, -0.2) is 46.4 Å². The molecule has 0 saturated carbocycles. The molecule has 1 aliphatic rings. The van der Waals surface area contributed by atoms with Gasteiger partial charge in [0.25, 0.3) is 0 Å². The molecule has 0 radical (unpaired) electrons. The summed E-state index contributed by atoms with van der Waals surface area (Å²) < 4.78 is 1.97. The highest BCUT2D eigenvalue weighted by molar-refractivity contribution is 14.0. The summed E-state index contributed by atoms with van der Waals surface area (Å²) >= 11 is 1.81. The summed E-state index contributed by atoms with van der Waals surface area (Å²) in [7, 11) is 1.96. The number of guanidine groups is 1. The van der Waals surface area contributed by atoms with Gasteiger partial charge in [-0.2, -0.15) is 0 Å². The number of aliphatic imine (C=N–C) groups is 1. The predicted octanol–water partition coefficient (Wildman–Crippen LogP) is 2.69. The van der Waals surface area contributed by atoms with Crippen molar-refractivity contribution in [1.82, 2.24) is 25.4 Å². The molecule has 1 saturated heterocycles. The second kappa shape index (κ2) is 10.6. The van der Waals surface area contributed by atoms with Crippen molar-refractivity contribution >= 4 is 46.3 Å². The van der Waals surface area contributed by atoms with Crippen LogP contribution in [-0.2, 0) is 13.6 Å². The van der Waals surface area contributed by atoms with Crippen LogP contribution < -0.4 is 15.5 Å². The van der Waals surface area contributed by atoms with E-state index in [-0.39, 0.29) is 24.0 Å². The van der Waals surface area contributed by atoms with Crippen molar-refractivity contribution < 1.29 is 0 Å². The first-order chi connectivity index (χ1) is 12.7. The second-order valence-corrected chi connectivity index (χ2v) is 7.34. The maximum atomic E-state index is 4.68. The van der Waals surface area contributed by atoms with Gasteiger partial charge in [0, 0.05) is 32.7 Å². The Morgan fingerprint density at radius 3 is 2.78 bits per heavy atom. The summed E-state index contributed by atoms with van der Waals surface area (Å²) in [6.07, 6.45) is 4.02. The van der Waals surface area contributed by atoms with Gasteiger partial charge in [-0.1, -0.05) is 6.08 Å². The molecule has 2 aromatic heterocycles. The van der Waals surface area contributed by atoms with Crippen LogP contribution in [0.4, 0.5) is 5.00 Å². The molecule has 27 heavy (non-hydrogen) atoms. The van der Waals surface area contributed by atoms with Crippen LogP contribution in [0.15, 0.2) is 35.2 Å². The Bertz CT molecular complexity index is 733. The molecular formula is C18H28IN7S. The van der Waals surface area contributed by atoms with E-state index in [1.165, 1.54) is 5.00 Å². The van der Waals surface area contributed by atoms with E-state index < -0.39 is 0 Å². The monoisotopic (exact) mass is 501 g/mol. The largest absolute Gasteiger partial charge is 0.363 e. The van der Waals surface area contributed by atoms with E-state index in [1.54, 1.807) is 0 Å². The summed E-state index contributed by atoms with van der Waals surface area (Å²) in [6.45, 7) is 9.02. The molecule has 0 aromatic carbocycles. The van der Waals surface area contributed by atoms with Gasteiger partial charge in [0.1, 0.15) is 12.4 Å². The lowest BCUT2D eigenvalue weighted by atomic mass is 10.1. The van der Waals surface area contributed by atoms with E-state index >= 15 is 0 Å². The van der Waals surface area contributed by atoms with Crippen LogP contribution >= 0.6 is 35.3 Å². The van der Waals surface area contributed by atoms with E-state index in [9.17, 15) is 0 Å². The SMILES string of the molecule is C=CCNC(=NCc1nnc(C)n1C)NC1CCN(c2cccs2)CC1.I. The Morgan fingerprint density at radius 2 is 2.19 bits per heavy atom. The van der Waals surface area contributed by atoms with Crippen molar-refractivity contribution in [2.75, 3.05) is 24.5 Å². The van der Waals surface area contributed by atoms with Crippen LogP contribution in [0.2, 0.25) is 0 Å². The lowest BCUT2D eigenvalue weighted by Gasteiger charge is -2.33. The van der Waals surface area contributed by atoms with Crippen LogP contribution in [0.3, 0.4) is 0 Å². The van der Waals surface area contributed by atoms with Gasteiger partial charge in [0.2, 0.25) is 0 Å². The molecule has 0 aliphatic carbocycles. The van der Waals surface area contributed by atoms with Crippen molar-refractivity contribution in [2.24, 2.45) is 12.0 Å². The second-order valence-electron chi connectivity index (χ2n) is 6.41. The van der Waals surface area contributed by atoms with E-state index in [1.807, 2.05) is 36.0 Å². The van der Waals surface area contributed by atoms with Crippen molar-refractivity contribution in [3.8, 4) is 0 Å². The summed E-state index contributed by atoms with van der Waals surface area (Å²) in [5, 5.41) is 18.6. The summed E-state index contributed by atoms with van der Waals surface area (Å²) in [6, 6.07) is 4.73. The maximum absolute atomic E-state index is 4.68. The first-order valence-corrected chi connectivity index (χ1v) is 9.84. The van der Waals surface area contributed by atoms with Crippen molar-refractivity contribution in [1.29, 1.82) is 0 Å². The average Bonchev–Trinajstić information content (AvgIpc) is 3.30. The van der Waals surface area contributed by atoms with Crippen molar-refractivity contribution in [2.45, 2.75) is 32.4 Å². The Kier molecular flexibility index (Phi) is 8.55. The third-order valence-electron chi connectivity index (χ3n) is 4.63. The number of rotatable bonds is 6. The molecular weight excluding hydrogens is 473 g/mol. The molecule has 0 amide bonds. The average molecular weight is 501 g/mol. The quantitative estimate of drug-likeness (QED) is 0.276. The Labute approximate surface area is 182 Å². The number of piperidine rings is 1. The molecule has 2 aromatic rings. The highest BCUT2D eigenvalue weighted by atomic mass is 127. The molecule has 0 atom stereocenters. The Balaban J connectivity index is 0.00000261. The number of nitrogens with one attached hydrogen (secondary N) is 2. The van der Waals surface area contributed by atoms with Gasteiger partial charge in [-0.25, -0.2) is 4.99 Å². The fraction of sp³-hybridized carbons (Fsp3) is 0.500. The van der Waals surface area contributed by atoms with Crippen LogP contribution in [0.5, 0.6) is 0 Å². The lowest BCUT2D eigenvalue weighted by molar-refractivity contribution is 0.463. The maximum Gasteiger partial charge on any atom is 0.192 e. The summed E-state index contributed by atoms with van der Waals surface area (Å²) in [5.74, 6) is 2.56. The minimum Gasteiger partial charge on any atom is -0.363 e. The van der Waals surface area contributed by atoms with Crippen LogP contribution in [0.1, 0.15) is 24.5 Å². The number of thiophene rings is 1. The standard InChI is InChI=1S/C18H27N7S.HI/c1-4-9-19-18(20-13-16-23-22-14(2)24(16)3)21-15-7-10-25(11-8-15)17-6-5-12-26-17;/h4-6,12,15H,1,7-11,13H2,2-3H3,(H2,19,20,21);1H. The van der Waals surface area contributed by atoms with E-state index in [0.29, 0.717) is 19.1 Å². The van der Waals surface area contributed by atoms with Gasteiger partial charge >= 0.3 is 0 Å².